The number of anilines is 1. The highest BCUT2D eigenvalue weighted by Crippen LogP contribution is 2.25. The van der Waals surface area contributed by atoms with Crippen molar-refractivity contribution in [3.05, 3.63) is 23.9 Å². The average Bonchev–Trinajstić information content (AvgIpc) is 2.65. The van der Waals surface area contributed by atoms with E-state index in [1.54, 1.807) is 0 Å². The summed E-state index contributed by atoms with van der Waals surface area (Å²) in [5.41, 5.74) is 7.14. The third-order valence-electron chi connectivity index (χ3n) is 4.16. The fourth-order valence-corrected chi connectivity index (χ4v) is 2.98. The summed E-state index contributed by atoms with van der Waals surface area (Å²) in [5, 5.41) is 0. The highest BCUT2D eigenvalue weighted by Gasteiger charge is 2.17. The molecule has 0 aliphatic carbocycles. The predicted molar refractivity (Wildman–Crippen MR) is 81.3 cm³/mol. The number of nitrogens with two attached hydrogens (primary N) is 1. The maximum Gasteiger partial charge on any atom is 0.128 e. The normalized spacial score (nSPS) is 22.1. The van der Waals surface area contributed by atoms with E-state index >= 15 is 0 Å². The van der Waals surface area contributed by atoms with Crippen LogP contribution in [-0.4, -0.2) is 18.1 Å². The number of pyridine rings is 1. The van der Waals surface area contributed by atoms with Crippen molar-refractivity contribution in [2.45, 2.75) is 52.0 Å². The minimum absolute atomic E-state index is 0.0848. The molecule has 1 aromatic rings. The van der Waals surface area contributed by atoms with Gasteiger partial charge in [0.15, 0.2) is 0 Å². The first-order chi connectivity index (χ1) is 9.20. The first-order valence-corrected chi connectivity index (χ1v) is 7.67. The van der Waals surface area contributed by atoms with Crippen LogP contribution in [0.1, 0.15) is 57.6 Å². The van der Waals surface area contributed by atoms with Crippen LogP contribution in [0.2, 0.25) is 0 Å². The molecule has 3 heteroatoms. The second-order valence-electron chi connectivity index (χ2n) is 5.81. The van der Waals surface area contributed by atoms with Gasteiger partial charge in [0.2, 0.25) is 0 Å². The van der Waals surface area contributed by atoms with Gasteiger partial charge < -0.3 is 10.6 Å². The van der Waals surface area contributed by atoms with Crippen molar-refractivity contribution in [1.29, 1.82) is 0 Å². The molecule has 3 nitrogen and oxygen atoms in total. The van der Waals surface area contributed by atoms with Crippen LogP contribution in [0.3, 0.4) is 0 Å². The quantitative estimate of drug-likeness (QED) is 0.902. The second kappa shape index (κ2) is 6.90. The van der Waals surface area contributed by atoms with Crippen LogP contribution >= 0.6 is 0 Å². The molecule has 1 fully saturated rings. The van der Waals surface area contributed by atoms with Gasteiger partial charge in [-0.25, -0.2) is 4.98 Å². The predicted octanol–water partition coefficient (Wildman–Crippen LogP) is 3.51. The van der Waals surface area contributed by atoms with Crippen molar-refractivity contribution in [3.63, 3.8) is 0 Å². The zero-order valence-electron chi connectivity index (χ0n) is 12.3. The zero-order valence-corrected chi connectivity index (χ0v) is 12.3. The van der Waals surface area contributed by atoms with Crippen molar-refractivity contribution in [2.75, 3.05) is 18.0 Å². The number of aromatic nitrogens is 1. The molecule has 0 amide bonds. The molecule has 0 aromatic carbocycles. The first kappa shape index (κ1) is 14.3. The molecule has 1 aliphatic heterocycles. The molecule has 0 spiro atoms. The number of hydrogen-bond donors (Lipinski definition) is 1. The molecule has 0 radical (unpaired) electrons. The Labute approximate surface area is 117 Å². The summed E-state index contributed by atoms with van der Waals surface area (Å²) in [7, 11) is 0. The molecule has 19 heavy (non-hydrogen) atoms. The monoisotopic (exact) mass is 261 g/mol. The second-order valence-corrected chi connectivity index (χ2v) is 5.81. The molecule has 1 aromatic heterocycles. The summed E-state index contributed by atoms with van der Waals surface area (Å²) in [6.07, 6.45) is 8.54. The van der Waals surface area contributed by atoms with Gasteiger partial charge in [0.1, 0.15) is 5.82 Å². The van der Waals surface area contributed by atoms with Gasteiger partial charge in [-0.3, -0.25) is 0 Å². The summed E-state index contributed by atoms with van der Waals surface area (Å²) in [6.45, 7) is 6.59. The molecule has 0 saturated carbocycles. The van der Waals surface area contributed by atoms with Gasteiger partial charge >= 0.3 is 0 Å². The van der Waals surface area contributed by atoms with E-state index in [4.69, 9.17) is 5.73 Å². The lowest BCUT2D eigenvalue weighted by molar-refractivity contribution is 0.435. The first-order valence-electron chi connectivity index (χ1n) is 7.67. The van der Waals surface area contributed by atoms with Crippen LogP contribution < -0.4 is 10.6 Å². The van der Waals surface area contributed by atoms with E-state index in [-0.39, 0.29) is 6.04 Å². The lowest BCUT2D eigenvalue weighted by atomic mass is 9.96. The third-order valence-corrected chi connectivity index (χ3v) is 4.16. The lowest BCUT2D eigenvalue weighted by Crippen LogP contribution is -2.25. The van der Waals surface area contributed by atoms with Crippen molar-refractivity contribution in [2.24, 2.45) is 11.7 Å². The number of rotatable bonds is 4. The van der Waals surface area contributed by atoms with Crippen LogP contribution in [0.25, 0.3) is 0 Å². The summed E-state index contributed by atoms with van der Waals surface area (Å²) < 4.78 is 0. The van der Waals surface area contributed by atoms with Crippen LogP contribution in [-0.2, 0) is 0 Å². The summed E-state index contributed by atoms with van der Waals surface area (Å²) in [6, 6.07) is 4.26. The number of hydrogen-bond acceptors (Lipinski definition) is 3. The van der Waals surface area contributed by atoms with E-state index in [2.05, 4.69) is 22.9 Å². The summed E-state index contributed by atoms with van der Waals surface area (Å²) in [4.78, 5) is 6.96. The van der Waals surface area contributed by atoms with Gasteiger partial charge in [0, 0.05) is 25.3 Å². The Hall–Kier alpha value is -1.09. The van der Waals surface area contributed by atoms with Crippen molar-refractivity contribution < 1.29 is 0 Å². The molecule has 1 unspecified atom stereocenters. The molecular weight excluding hydrogens is 234 g/mol. The van der Waals surface area contributed by atoms with Gasteiger partial charge in [-0.05, 0) is 49.8 Å². The topological polar surface area (TPSA) is 42.1 Å². The van der Waals surface area contributed by atoms with E-state index in [1.807, 2.05) is 19.2 Å². The van der Waals surface area contributed by atoms with Crippen LogP contribution in [0.4, 0.5) is 5.82 Å². The molecule has 1 aliphatic rings. The highest BCUT2D eigenvalue weighted by molar-refractivity contribution is 5.41. The van der Waals surface area contributed by atoms with E-state index in [1.165, 1.54) is 37.7 Å². The van der Waals surface area contributed by atoms with E-state index in [0.29, 0.717) is 0 Å². The van der Waals surface area contributed by atoms with Gasteiger partial charge in [-0.15, -0.1) is 0 Å². The summed E-state index contributed by atoms with van der Waals surface area (Å²) >= 11 is 0. The third kappa shape index (κ3) is 3.93. The molecule has 2 rings (SSSR count). The highest BCUT2D eigenvalue weighted by atomic mass is 15.2. The van der Waals surface area contributed by atoms with Gasteiger partial charge in [0.25, 0.3) is 0 Å². The van der Waals surface area contributed by atoms with Crippen molar-refractivity contribution >= 4 is 5.82 Å². The molecule has 0 bridgehead atoms. The average molecular weight is 261 g/mol. The SMILES string of the molecule is CCCC1CCCN(c2cc([C@@H](C)N)ccn2)CC1. The molecule has 2 heterocycles. The largest absolute Gasteiger partial charge is 0.357 e. The van der Waals surface area contributed by atoms with E-state index in [0.717, 1.165) is 24.8 Å². The van der Waals surface area contributed by atoms with Gasteiger partial charge in [0.05, 0.1) is 0 Å². The molecular formula is C16H27N3. The Bertz CT molecular complexity index is 389. The summed E-state index contributed by atoms with van der Waals surface area (Å²) in [5.74, 6) is 2.01. The maximum atomic E-state index is 5.96. The van der Waals surface area contributed by atoms with Crippen molar-refractivity contribution in [3.8, 4) is 0 Å². The molecule has 2 atom stereocenters. The van der Waals surface area contributed by atoms with E-state index in [9.17, 15) is 0 Å². The Morgan fingerprint density at radius 1 is 1.42 bits per heavy atom. The smallest absolute Gasteiger partial charge is 0.128 e. The Morgan fingerprint density at radius 2 is 2.26 bits per heavy atom. The minimum atomic E-state index is 0.0848. The maximum absolute atomic E-state index is 5.96. The number of nitrogens with zero attached hydrogens (tertiary/aromatic N) is 2. The zero-order chi connectivity index (χ0) is 13.7. The molecule has 1 saturated heterocycles. The lowest BCUT2D eigenvalue weighted by Gasteiger charge is -2.22. The Balaban J connectivity index is 2.03. The van der Waals surface area contributed by atoms with Crippen LogP contribution in [0.5, 0.6) is 0 Å². The minimum Gasteiger partial charge on any atom is -0.357 e. The fraction of sp³-hybridized carbons (Fsp3) is 0.688. The van der Waals surface area contributed by atoms with Crippen molar-refractivity contribution in [1.82, 2.24) is 4.98 Å². The molecule has 106 valence electrons. The fourth-order valence-electron chi connectivity index (χ4n) is 2.98. The molecule has 2 N–H and O–H groups in total. The van der Waals surface area contributed by atoms with Gasteiger partial charge in [-0.1, -0.05) is 19.8 Å². The standard InChI is InChI=1S/C16H27N3/c1-3-5-14-6-4-10-19(11-8-14)16-12-15(13(2)17)7-9-18-16/h7,9,12-14H,3-6,8,10-11,17H2,1-2H3/t13-,14?/m1/s1. The van der Waals surface area contributed by atoms with Crippen LogP contribution in [0.15, 0.2) is 18.3 Å². The van der Waals surface area contributed by atoms with Crippen LogP contribution in [0, 0.1) is 5.92 Å². The Kier molecular flexibility index (Phi) is 5.20. The Morgan fingerprint density at radius 3 is 3.00 bits per heavy atom. The van der Waals surface area contributed by atoms with Gasteiger partial charge in [-0.2, -0.15) is 0 Å². The van der Waals surface area contributed by atoms with E-state index < -0.39 is 0 Å².